The lowest BCUT2D eigenvalue weighted by Gasteiger charge is -2.26. The molecule has 2 atom stereocenters. The highest BCUT2D eigenvalue weighted by Gasteiger charge is 2.20. The van der Waals surface area contributed by atoms with E-state index in [9.17, 15) is 19.8 Å². The van der Waals surface area contributed by atoms with Gasteiger partial charge in [0.15, 0.2) is 12.2 Å². The molecule has 306 valence electrons. The molecule has 0 heterocycles. The van der Waals surface area contributed by atoms with Gasteiger partial charge in [-0.05, 0) is 85.4 Å². The van der Waals surface area contributed by atoms with Gasteiger partial charge in [0, 0.05) is 52.5 Å². The normalized spacial score (nSPS) is 13.3. The number of aliphatic hydroxyl groups excluding tert-OH is 2. The average molecular weight is 746 g/mol. The van der Waals surface area contributed by atoms with Crippen molar-refractivity contribution >= 4 is 11.9 Å². The van der Waals surface area contributed by atoms with Crippen LogP contribution in [0.2, 0.25) is 0 Å². The Morgan fingerprint density at radius 3 is 1.23 bits per heavy atom. The van der Waals surface area contributed by atoms with Gasteiger partial charge in [0.05, 0.1) is 26.4 Å². The summed E-state index contributed by atoms with van der Waals surface area (Å²) in [6.45, 7) is 11.2. The number of carbonyl (C=O) groups excluding carboxylic acids is 2. The quantitative estimate of drug-likeness (QED) is 0.0400. The summed E-state index contributed by atoms with van der Waals surface area (Å²) >= 11 is 0. The fourth-order valence-electron chi connectivity index (χ4n) is 4.80. The fraction of sp³-hybridized carbons (Fsp3) is 0.846. The topological polar surface area (TPSA) is 140 Å². The number of esters is 2. The van der Waals surface area contributed by atoms with Gasteiger partial charge < -0.3 is 53.3 Å². The summed E-state index contributed by atoms with van der Waals surface area (Å²) in [5.41, 5.74) is 0. The zero-order valence-corrected chi connectivity index (χ0v) is 33.4. The molecule has 0 saturated carbocycles. The molecule has 0 aliphatic heterocycles. The molecule has 2 unspecified atom stereocenters. The van der Waals surface area contributed by atoms with Crippen LogP contribution in [0.15, 0.2) is 24.3 Å². The van der Waals surface area contributed by atoms with Crippen LogP contribution in [0.1, 0.15) is 90.9 Å². The second-order valence-electron chi connectivity index (χ2n) is 13.2. The van der Waals surface area contributed by atoms with Crippen molar-refractivity contribution in [3.63, 3.8) is 0 Å². The smallest absolute Gasteiger partial charge is 0.336 e. The van der Waals surface area contributed by atoms with Gasteiger partial charge in [-0.3, -0.25) is 0 Å². The Kier molecular flexibility index (Phi) is 36.0. The highest BCUT2D eigenvalue weighted by atomic mass is 16.7. The van der Waals surface area contributed by atoms with Crippen LogP contribution in [0.25, 0.3) is 0 Å². The third kappa shape index (κ3) is 33.9. The Labute approximate surface area is 315 Å². The summed E-state index contributed by atoms with van der Waals surface area (Å²) < 4.78 is 32.3. The van der Waals surface area contributed by atoms with E-state index >= 15 is 0 Å². The molecular weight excluding hydrogens is 670 g/mol. The first-order valence-electron chi connectivity index (χ1n) is 19.6. The molecule has 0 aliphatic rings. The van der Waals surface area contributed by atoms with Gasteiger partial charge in [0.1, 0.15) is 13.6 Å². The van der Waals surface area contributed by atoms with Crippen LogP contribution in [0, 0.1) is 0 Å². The average Bonchev–Trinajstić information content (AvgIpc) is 3.13. The largest absolute Gasteiger partial charge is 0.464 e. The lowest BCUT2D eigenvalue weighted by Crippen LogP contribution is -2.42. The van der Waals surface area contributed by atoms with Crippen LogP contribution < -0.4 is 0 Å². The zero-order valence-electron chi connectivity index (χ0n) is 33.4. The van der Waals surface area contributed by atoms with E-state index in [2.05, 4.69) is 43.1 Å². The first-order valence-corrected chi connectivity index (χ1v) is 19.6. The summed E-state index contributed by atoms with van der Waals surface area (Å²) in [5.74, 6) is -1.19. The van der Waals surface area contributed by atoms with Crippen LogP contribution in [-0.4, -0.2) is 163 Å². The molecule has 0 aromatic carbocycles. The maximum absolute atomic E-state index is 12.2. The Bertz CT molecular complexity index is 811. The van der Waals surface area contributed by atoms with E-state index in [0.717, 1.165) is 90.1 Å². The molecule has 0 saturated heterocycles. The number of nitrogens with zero attached hydrogens (tertiary/aromatic N) is 3. The molecule has 0 aliphatic carbocycles. The predicted molar refractivity (Wildman–Crippen MR) is 205 cm³/mol. The number of hydrogen-bond donors (Lipinski definition) is 2. The van der Waals surface area contributed by atoms with Crippen molar-refractivity contribution in [2.45, 2.75) is 103 Å². The molecule has 52 heavy (non-hydrogen) atoms. The van der Waals surface area contributed by atoms with E-state index in [4.69, 9.17) is 28.4 Å². The van der Waals surface area contributed by atoms with Crippen LogP contribution in [0.4, 0.5) is 0 Å². The van der Waals surface area contributed by atoms with Gasteiger partial charge in [-0.1, -0.05) is 51.0 Å². The first kappa shape index (κ1) is 50.1. The standard InChI is InChI=1S/C39H75N3O10/c1-6-8-10-16-26-47-34-49-28-18-12-14-20-30-51-38(45)36(43)32-41(4)24-22-40(3)23-25-42(5)33-37(44)39(46)52-31-21-15-13-19-29-50-35-48-27-17-11-9-7-2/h8-11,36-37,43-44H,6-7,12-35H2,1-5H3/b10-8-,11-9-. The second-order valence-corrected chi connectivity index (χ2v) is 13.2. The van der Waals surface area contributed by atoms with Crippen molar-refractivity contribution in [1.82, 2.24) is 14.7 Å². The van der Waals surface area contributed by atoms with E-state index in [1.807, 2.05) is 30.9 Å². The van der Waals surface area contributed by atoms with Crippen molar-refractivity contribution in [3.8, 4) is 0 Å². The van der Waals surface area contributed by atoms with E-state index < -0.39 is 24.1 Å². The van der Waals surface area contributed by atoms with Crippen molar-refractivity contribution in [2.75, 3.05) is 114 Å². The number of allylic oxidation sites excluding steroid dienone is 2. The minimum atomic E-state index is -1.19. The molecule has 13 nitrogen and oxygen atoms in total. The molecule has 0 bridgehead atoms. The minimum Gasteiger partial charge on any atom is -0.464 e. The molecule has 2 N–H and O–H groups in total. The number of hydrogen-bond acceptors (Lipinski definition) is 13. The summed E-state index contributed by atoms with van der Waals surface area (Å²) in [6, 6.07) is 0. The number of likely N-dealkylation sites (N-methyl/N-ethyl adjacent to an activating group) is 3. The maximum atomic E-state index is 12.2. The lowest BCUT2D eigenvalue weighted by atomic mass is 10.2. The summed E-state index contributed by atoms with van der Waals surface area (Å²) in [6.07, 6.45) is 17.1. The number of carbonyl (C=O) groups is 2. The molecule has 0 aromatic heterocycles. The van der Waals surface area contributed by atoms with Crippen LogP contribution in [0.5, 0.6) is 0 Å². The SMILES string of the molecule is CC/C=C\CCOCOCCCCCCOC(=O)C(O)CN(C)CCN(C)CCN(C)CC(O)C(=O)OCCCCCCOCOCC/C=C\CC. The third-order valence-corrected chi connectivity index (χ3v) is 8.09. The maximum Gasteiger partial charge on any atom is 0.336 e. The third-order valence-electron chi connectivity index (χ3n) is 8.09. The van der Waals surface area contributed by atoms with Crippen molar-refractivity contribution in [3.05, 3.63) is 24.3 Å². The van der Waals surface area contributed by atoms with E-state index in [1.54, 1.807) is 0 Å². The molecule has 0 fully saturated rings. The van der Waals surface area contributed by atoms with Gasteiger partial charge in [-0.25, -0.2) is 9.59 Å². The van der Waals surface area contributed by atoms with Gasteiger partial charge >= 0.3 is 11.9 Å². The Hall–Kier alpha value is -1.94. The van der Waals surface area contributed by atoms with Crippen molar-refractivity contribution in [1.29, 1.82) is 0 Å². The van der Waals surface area contributed by atoms with E-state index in [1.165, 1.54) is 0 Å². The monoisotopic (exact) mass is 746 g/mol. The molecule has 13 heteroatoms. The van der Waals surface area contributed by atoms with Crippen LogP contribution in [-0.2, 0) is 38.0 Å². The lowest BCUT2D eigenvalue weighted by molar-refractivity contribution is -0.155. The molecular formula is C39H75N3O10. The first-order chi connectivity index (χ1) is 25.2. The Balaban J connectivity index is 3.78. The fourth-order valence-corrected chi connectivity index (χ4v) is 4.80. The second kappa shape index (κ2) is 37.4. The molecule has 0 amide bonds. The van der Waals surface area contributed by atoms with Gasteiger partial charge in [-0.2, -0.15) is 0 Å². The molecule has 0 spiro atoms. The molecule has 0 radical (unpaired) electrons. The predicted octanol–water partition coefficient (Wildman–Crippen LogP) is 4.40. The molecule has 0 rings (SSSR count). The number of ether oxygens (including phenoxy) is 6. The summed E-state index contributed by atoms with van der Waals surface area (Å²) in [4.78, 5) is 30.3. The number of aliphatic hydroxyl groups is 2. The number of rotatable bonds is 38. The summed E-state index contributed by atoms with van der Waals surface area (Å²) in [7, 11) is 5.70. The Morgan fingerprint density at radius 2 is 0.846 bits per heavy atom. The van der Waals surface area contributed by atoms with Gasteiger partial charge in [0.25, 0.3) is 0 Å². The number of unbranched alkanes of at least 4 members (excludes halogenated alkanes) is 6. The van der Waals surface area contributed by atoms with E-state index in [0.29, 0.717) is 66.3 Å². The highest BCUT2D eigenvalue weighted by molar-refractivity contribution is 5.75. The molecule has 0 aromatic rings. The zero-order chi connectivity index (χ0) is 38.5. The highest BCUT2D eigenvalue weighted by Crippen LogP contribution is 2.04. The van der Waals surface area contributed by atoms with Crippen LogP contribution >= 0.6 is 0 Å². The van der Waals surface area contributed by atoms with E-state index in [-0.39, 0.29) is 13.1 Å². The van der Waals surface area contributed by atoms with Crippen molar-refractivity contribution in [2.24, 2.45) is 0 Å². The summed E-state index contributed by atoms with van der Waals surface area (Å²) in [5, 5.41) is 20.6. The van der Waals surface area contributed by atoms with Gasteiger partial charge in [-0.15, -0.1) is 0 Å². The minimum absolute atomic E-state index is 0.191. The van der Waals surface area contributed by atoms with Crippen molar-refractivity contribution < 1.29 is 48.2 Å². The van der Waals surface area contributed by atoms with Crippen LogP contribution in [0.3, 0.4) is 0 Å². The Morgan fingerprint density at radius 1 is 0.500 bits per heavy atom. The van der Waals surface area contributed by atoms with Gasteiger partial charge in [0.2, 0.25) is 0 Å².